The lowest BCUT2D eigenvalue weighted by Crippen LogP contribution is -2.29. The molecule has 1 amide bonds. The molecule has 0 aliphatic rings. The van der Waals surface area contributed by atoms with Crippen molar-refractivity contribution in [3.8, 4) is 5.75 Å². The Morgan fingerprint density at radius 1 is 1.24 bits per heavy atom. The molecule has 2 aromatic carbocycles. The highest BCUT2D eigenvalue weighted by Crippen LogP contribution is 2.24. The number of hydrogen-bond acceptors (Lipinski definition) is 2. The monoisotopic (exact) mass is 351 g/mol. The van der Waals surface area contributed by atoms with Crippen LogP contribution in [0, 0.1) is 5.82 Å². The number of phenolic OH excluding ortho intramolecular Hbond substituents is 1. The Balaban J connectivity index is 2.21. The van der Waals surface area contributed by atoms with Crippen LogP contribution in [0.1, 0.15) is 28.9 Å². The molecule has 2 aromatic rings. The van der Waals surface area contributed by atoms with Crippen LogP contribution in [0.4, 0.5) is 4.39 Å². The second-order valence-corrected chi connectivity index (χ2v) is 5.67. The van der Waals surface area contributed by atoms with Gasteiger partial charge in [0.2, 0.25) is 0 Å². The van der Waals surface area contributed by atoms with E-state index in [2.05, 4.69) is 15.9 Å². The van der Waals surface area contributed by atoms with E-state index in [0.29, 0.717) is 5.56 Å². The number of amides is 1. The van der Waals surface area contributed by atoms with Crippen LogP contribution in [0.15, 0.2) is 46.9 Å². The lowest BCUT2D eigenvalue weighted by Gasteiger charge is -2.25. The average molecular weight is 352 g/mol. The van der Waals surface area contributed by atoms with Crippen LogP contribution in [0.5, 0.6) is 5.75 Å². The maximum atomic E-state index is 13.2. The van der Waals surface area contributed by atoms with Gasteiger partial charge in [0.05, 0.1) is 10.5 Å². The Hall–Kier alpha value is -1.88. The van der Waals surface area contributed by atoms with Crippen LogP contribution in [-0.4, -0.2) is 23.0 Å². The van der Waals surface area contributed by atoms with Crippen molar-refractivity contribution in [2.45, 2.75) is 13.0 Å². The second-order valence-electron chi connectivity index (χ2n) is 4.81. The van der Waals surface area contributed by atoms with Crippen molar-refractivity contribution in [3.63, 3.8) is 0 Å². The molecular formula is C16H15BrFNO2. The third-order valence-corrected chi connectivity index (χ3v) is 4.05. The quantitative estimate of drug-likeness (QED) is 0.903. The molecule has 0 aliphatic carbocycles. The van der Waals surface area contributed by atoms with E-state index in [1.54, 1.807) is 36.2 Å². The molecule has 5 heteroatoms. The normalized spacial score (nSPS) is 12.0. The van der Waals surface area contributed by atoms with Crippen molar-refractivity contribution in [2.75, 3.05) is 7.05 Å². The van der Waals surface area contributed by atoms with E-state index in [9.17, 15) is 14.3 Å². The van der Waals surface area contributed by atoms with Crippen LogP contribution >= 0.6 is 15.9 Å². The third-order valence-electron chi connectivity index (χ3n) is 3.44. The van der Waals surface area contributed by atoms with Gasteiger partial charge in [-0.25, -0.2) is 4.39 Å². The van der Waals surface area contributed by atoms with Gasteiger partial charge < -0.3 is 10.0 Å². The van der Waals surface area contributed by atoms with Gasteiger partial charge in [-0.1, -0.05) is 12.1 Å². The van der Waals surface area contributed by atoms with Gasteiger partial charge in [0.1, 0.15) is 11.6 Å². The Bertz CT molecular complexity index is 658. The summed E-state index contributed by atoms with van der Waals surface area (Å²) in [7, 11) is 1.69. The molecular weight excluding hydrogens is 337 g/mol. The number of rotatable bonds is 3. The largest absolute Gasteiger partial charge is 0.508 e. The zero-order valence-corrected chi connectivity index (χ0v) is 13.3. The third kappa shape index (κ3) is 3.42. The summed E-state index contributed by atoms with van der Waals surface area (Å²) in [5, 5.41) is 9.30. The SMILES string of the molecule is CC(c1ccc(O)cc1)N(C)C(=O)c1ccc(F)c(Br)c1. The van der Waals surface area contributed by atoms with Crippen molar-refractivity contribution >= 4 is 21.8 Å². The zero-order chi connectivity index (χ0) is 15.6. The molecule has 0 spiro atoms. The highest BCUT2D eigenvalue weighted by Gasteiger charge is 2.19. The molecule has 0 saturated heterocycles. The summed E-state index contributed by atoms with van der Waals surface area (Å²) in [5.74, 6) is -0.417. The topological polar surface area (TPSA) is 40.5 Å². The Labute approximate surface area is 131 Å². The molecule has 0 heterocycles. The molecule has 0 radical (unpaired) electrons. The summed E-state index contributed by atoms with van der Waals surface area (Å²) >= 11 is 3.08. The van der Waals surface area contributed by atoms with Crippen LogP contribution in [0.25, 0.3) is 0 Å². The van der Waals surface area contributed by atoms with E-state index in [1.165, 1.54) is 18.2 Å². The van der Waals surface area contributed by atoms with Gasteiger partial charge in [-0.05, 0) is 58.7 Å². The van der Waals surface area contributed by atoms with Crippen molar-refractivity contribution in [2.24, 2.45) is 0 Å². The maximum absolute atomic E-state index is 13.2. The van der Waals surface area contributed by atoms with Gasteiger partial charge in [0, 0.05) is 12.6 Å². The van der Waals surface area contributed by atoms with Crippen LogP contribution in [0.2, 0.25) is 0 Å². The van der Waals surface area contributed by atoms with Gasteiger partial charge in [-0.15, -0.1) is 0 Å². The van der Waals surface area contributed by atoms with E-state index < -0.39 is 5.82 Å². The predicted molar refractivity (Wildman–Crippen MR) is 82.7 cm³/mol. The van der Waals surface area contributed by atoms with Crippen molar-refractivity contribution in [3.05, 3.63) is 63.9 Å². The van der Waals surface area contributed by atoms with Crippen molar-refractivity contribution in [1.29, 1.82) is 0 Å². The van der Waals surface area contributed by atoms with Gasteiger partial charge in [0.15, 0.2) is 0 Å². The Morgan fingerprint density at radius 3 is 2.43 bits per heavy atom. The van der Waals surface area contributed by atoms with Gasteiger partial charge >= 0.3 is 0 Å². The van der Waals surface area contributed by atoms with Gasteiger partial charge in [-0.3, -0.25) is 4.79 Å². The van der Waals surface area contributed by atoms with E-state index in [0.717, 1.165) is 5.56 Å². The predicted octanol–water partition coefficient (Wildman–Crippen LogP) is 4.13. The fourth-order valence-corrected chi connectivity index (χ4v) is 2.36. The molecule has 0 bridgehead atoms. The number of nitrogens with zero attached hydrogens (tertiary/aromatic N) is 1. The Morgan fingerprint density at radius 2 is 1.86 bits per heavy atom. The van der Waals surface area contributed by atoms with Crippen molar-refractivity contribution in [1.82, 2.24) is 4.90 Å². The number of carbonyl (C=O) groups is 1. The molecule has 1 atom stereocenters. The number of aromatic hydroxyl groups is 1. The molecule has 0 fully saturated rings. The summed E-state index contributed by atoms with van der Waals surface area (Å²) in [6.45, 7) is 1.89. The molecule has 2 rings (SSSR count). The molecule has 0 saturated carbocycles. The first-order chi connectivity index (χ1) is 9.90. The molecule has 1 unspecified atom stereocenters. The number of phenols is 1. The number of carbonyl (C=O) groups excluding carboxylic acids is 1. The van der Waals surface area contributed by atoms with Crippen LogP contribution in [0.3, 0.4) is 0 Å². The van der Waals surface area contributed by atoms with Crippen LogP contribution in [-0.2, 0) is 0 Å². The molecule has 110 valence electrons. The summed E-state index contributed by atoms with van der Waals surface area (Å²) < 4.78 is 13.5. The first-order valence-electron chi connectivity index (χ1n) is 6.41. The number of halogens is 2. The van der Waals surface area contributed by atoms with E-state index in [4.69, 9.17) is 0 Å². The highest BCUT2D eigenvalue weighted by molar-refractivity contribution is 9.10. The van der Waals surface area contributed by atoms with Crippen LogP contribution < -0.4 is 0 Å². The fraction of sp³-hybridized carbons (Fsp3) is 0.188. The molecule has 21 heavy (non-hydrogen) atoms. The highest BCUT2D eigenvalue weighted by atomic mass is 79.9. The van der Waals surface area contributed by atoms with E-state index in [-0.39, 0.29) is 22.2 Å². The molecule has 0 aliphatic heterocycles. The summed E-state index contributed by atoms with van der Waals surface area (Å²) in [6.07, 6.45) is 0. The lowest BCUT2D eigenvalue weighted by molar-refractivity contribution is 0.0742. The van der Waals surface area contributed by atoms with E-state index in [1.807, 2.05) is 6.92 Å². The van der Waals surface area contributed by atoms with Gasteiger partial charge in [-0.2, -0.15) is 0 Å². The number of benzene rings is 2. The molecule has 3 nitrogen and oxygen atoms in total. The first kappa shape index (κ1) is 15.5. The summed E-state index contributed by atoms with van der Waals surface area (Å²) in [6, 6.07) is 10.7. The minimum Gasteiger partial charge on any atom is -0.508 e. The standard InChI is InChI=1S/C16H15BrFNO2/c1-10(11-3-6-13(20)7-4-11)19(2)16(21)12-5-8-15(18)14(17)9-12/h3-10,20H,1-2H3. The smallest absolute Gasteiger partial charge is 0.254 e. The molecule has 0 aromatic heterocycles. The minimum atomic E-state index is -0.402. The minimum absolute atomic E-state index is 0.165. The second kappa shape index (κ2) is 6.26. The maximum Gasteiger partial charge on any atom is 0.254 e. The average Bonchev–Trinajstić information content (AvgIpc) is 2.48. The zero-order valence-electron chi connectivity index (χ0n) is 11.7. The fourth-order valence-electron chi connectivity index (χ4n) is 1.99. The first-order valence-corrected chi connectivity index (χ1v) is 7.20. The summed E-state index contributed by atoms with van der Waals surface area (Å²) in [4.78, 5) is 14.0. The van der Waals surface area contributed by atoms with Crippen molar-refractivity contribution < 1.29 is 14.3 Å². The summed E-state index contributed by atoms with van der Waals surface area (Å²) in [5.41, 5.74) is 1.32. The lowest BCUT2D eigenvalue weighted by atomic mass is 10.1. The number of hydrogen-bond donors (Lipinski definition) is 1. The van der Waals surface area contributed by atoms with Gasteiger partial charge in [0.25, 0.3) is 5.91 Å². The molecule has 1 N–H and O–H groups in total. The van der Waals surface area contributed by atoms with E-state index >= 15 is 0 Å². The Kier molecular flexibility index (Phi) is 4.63.